The number of nitrogens with zero attached hydrogens (tertiary/aromatic N) is 3. The number of halogens is 1. The zero-order valence-corrected chi connectivity index (χ0v) is 19.5. The number of aromatic nitrogens is 2. The fraction of sp³-hybridized carbons (Fsp3) is 0.350. The number of hydrogen-bond donors (Lipinski definition) is 2. The number of nitrogens with one attached hydrogen (secondary N) is 2. The van der Waals surface area contributed by atoms with Crippen LogP contribution in [0, 0.1) is 6.92 Å². The molecule has 0 aliphatic rings. The maximum absolute atomic E-state index is 5.61. The van der Waals surface area contributed by atoms with Gasteiger partial charge in [-0.15, -0.1) is 35.3 Å². The zero-order valence-electron chi connectivity index (χ0n) is 16.4. The molecule has 0 saturated carbocycles. The molecule has 3 aromatic rings. The Morgan fingerprint density at radius 2 is 1.89 bits per heavy atom. The van der Waals surface area contributed by atoms with Crippen molar-refractivity contribution in [2.45, 2.75) is 40.3 Å². The summed E-state index contributed by atoms with van der Waals surface area (Å²) in [5.74, 6) is 1.37. The van der Waals surface area contributed by atoms with Gasteiger partial charge in [0.25, 0.3) is 0 Å². The molecule has 0 amide bonds. The Morgan fingerprint density at radius 1 is 1.11 bits per heavy atom. The molecule has 28 heavy (non-hydrogen) atoms. The number of aliphatic imine (C=N–C) groups is 1. The van der Waals surface area contributed by atoms with Crippen molar-refractivity contribution in [2.75, 3.05) is 6.54 Å². The van der Waals surface area contributed by atoms with Crippen molar-refractivity contribution < 1.29 is 4.42 Å². The number of rotatable bonds is 7. The summed E-state index contributed by atoms with van der Waals surface area (Å²) < 4.78 is 5.61. The molecule has 0 bridgehead atoms. The Kier molecular flexibility index (Phi) is 8.91. The smallest absolute Gasteiger partial charge is 0.226 e. The first-order valence-electron chi connectivity index (χ1n) is 9.14. The van der Waals surface area contributed by atoms with Crippen molar-refractivity contribution in [3.63, 3.8) is 0 Å². The van der Waals surface area contributed by atoms with E-state index in [2.05, 4.69) is 57.0 Å². The molecule has 2 N–H and O–H groups in total. The standard InChI is InChI=1S/C20H25N5OS.HI/c1-4-18-24-17(13-27-18)11-23-20(21-5-2)22-10-16-12-26-19(25-16)15-8-6-14(3)7-9-15;/h6-9,12-13H,4-5,10-11H2,1-3H3,(H2,21,22,23);1H. The maximum atomic E-state index is 5.61. The molecule has 0 aliphatic heterocycles. The molecular weight excluding hydrogens is 485 g/mol. The minimum absolute atomic E-state index is 0. The fourth-order valence-electron chi connectivity index (χ4n) is 2.48. The molecule has 6 nitrogen and oxygen atoms in total. The van der Waals surface area contributed by atoms with E-state index in [1.165, 1.54) is 5.56 Å². The van der Waals surface area contributed by atoms with Crippen molar-refractivity contribution in [2.24, 2.45) is 4.99 Å². The van der Waals surface area contributed by atoms with Gasteiger partial charge in [0, 0.05) is 17.5 Å². The lowest BCUT2D eigenvalue weighted by Gasteiger charge is -2.09. The molecule has 0 aliphatic carbocycles. The highest BCUT2D eigenvalue weighted by molar-refractivity contribution is 14.0. The molecule has 3 rings (SSSR count). The van der Waals surface area contributed by atoms with Crippen molar-refractivity contribution >= 4 is 41.3 Å². The van der Waals surface area contributed by atoms with Crippen LogP contribution >= 0.6 is 35.3 Å². The first-order chi connectivity index (χ1) is 13.2. The van der Waals surface area contributed by atoms with Crippen LogP contribution in [0.1, 0.15) is 35.8 Å². The van der Waals surface area contributed by atoms with Gasteiger partial charge in [0.2, 0.25) is 5.89 Å². The monoisotopic (exact) mass is 511 g/mol. The number of hydrogen-bond acceptors (Lipinski definition) is 5. The summed E-state index contributed by atoms with van der Waals surface area (Å²) in [5, 5.41) is 9.75. The Hall–Kier alpha value is -1.94. The maximum Gasteiger partial charge on any atom is 0.226 e. The van der Waals surface area contributed by atoms with Crippen LogP contribution in [0.2, 0.25) is 0 Å². The number of oxazole rings is 1. The van der Waals surface area contributed by atoms with E-state index in [0.29, 0.717) is 19.0 Å². The summed E-state index contributed by atoms with van der Waals surface area (Å²) in [6, 6.07) is 8.14. The Balaban J connectivity index is 0.00000280. The summed E-state index contributed by atoms with van der Waals surface area (Å²) in [7, 11) is 0. The molecule has 0 spiro atoms. The van der Waals surface area contributed by atoms with Crippen molar-refractivity contribution in [1.82, 2.24) is 20.6 Å². The minimum atomic E-state index is 0. The van der Waals surface area contributed by atoms with Crippen LogP contribution < -0.4 is 10.6 Å². The molecule has 1 aromatic carbocycles. The third-order valence-electron chi connectivity index (χ3n) is 3.93. The van der Waals surface area contributed by atoms with E-state index in [1.807, 2.05) is 19.1 Å². The van der Waals surface area contributed by atoms with E-state index in [0.717, 1.165) is 40.9 Å². The van der Waals surface area contributed by atoms with Gasteiger partial charge in [-0.2, -0.15) is 0 Å². The largest absolute Gasteiger partial charge is 0.444 e. The van der Waals surface area contributed by atoms with Crippen LogP contribution in [0.3, 0.4) is 0 Å². The highest BCUT2D eigenvalue weighted by Gasteiger charge is 2.07. The van der Waals surface area contributed by atoms with Crippen LogP contribution in [0.5, 0.6) is 0 Å². The first-order valence-corrected chi connectivity index (χ1v) is 10.0. The van der Waals surface area contributed by atoms with Gasteiger partial charge >= 0.3 is 0 Å². The van der Waals surface area contributed by atoms with Gasteiger partial charge in [-0.25, -0.2) is 15.0 Å². The summed E-state index contributed by atoms with van der Waals surface area (Å²) in [6.45, 7) is 8.10. The quantitative estimate of drug-likeness (QED) is 0.277. The normalized spacial score (nSPS) is 11.2. The van der Waals surface area contributed by atoms with Gasteiger partial charge in [0.1, 0.15) is 6.26 Å². The van der Waals surface area contributed by atoms with Gasteiger partial charge in [-0.3, -0.25) is 0 Å². The molecule has 0 atom stereocenters. The summed E-state index contributed by atoms with van der Waals surface area (Å²) in [5.41, 5.74) is 4.02. The molecule has 0 unspecified atom stereocenters. The number of aryl methyl sites for hydroxylation is 2. The second kappa shape index (κ2) is 11.2. The highest BCUT2D eigenvalue weighted by atomic mass is 127. The molecule has 0 saturated heterocycles. The molecule has 8 heteroatoms. The number of thiazole rings is 1. The summed E-state index contributed by atoms with van der Waals surface area (Å²) in [4.78, 5) is 13.7. The van der Waals surface area contributed by atoms with Crippen LogP contribution in [-0.4, -0.2) is 22.5 Å². The van der Waals surface area contributed by atoms with E-state index < -0.39 is 0 Å². The second-order valence-electron chi connectivity index (χ2n) is 6.14. The van der Waals surface area contributed by atoms with E-state index in [9.17, 15) is 0 Å². The van der Waals surface area contributed by atoms with E-state index in [1.54, 1.807) is 17.6 Å². The predicted molar refractivity (Wildman–Crippen MR) is 125 cm³/mol. The molecule has 0 radical (unpaired) electrons. The van der Waals surface area contributed by atoms with Gasteiger partial charge < -0.3 is 15.1 Å². The van der Waals surface area contributed by atoms with Crippen molar-refractivity contribution in [3.05, 3.63) is 57.9 Å². The second-order valence-corrected chi connectivity index (χ2v) is 7.09. The zero-order chi connectivity index (χ0) is 19.1. The number of benzene rings is 1. The number of guanidine groups is 1. The van der Waals surface area contributed by atoms with E-state index in [4.69, 9.17) is 4.42 Å². The average Bonchev–Trinajstić information content (AvgIpc) is 3.34. The van der Waals surface area contributed by atoms with E-state index in [-0.39, 0.29) is 24.0 Å². The van der Waals surface area contributed by atoms with Gasteiger partial charge in [-0.05, 0) is 32.4 Å². The Morgan fingerprint density at radius 3 is 2.57 bits per heavy atom. The van der Waals surface area contributed by atoms with Gasteiger partial charge in [0.05, 0.1) is 29.5 Å². The minimum Gasteiger partial charge on any atom is -0.444 e. The first kappa shape index (κ1) is 22.4. The van der Waals surface area contributed by atoms with Crippen molar-refractivity contribution in [1.29, 1.82) is 0 Å². The molecule has 0 fully saturated rings. The average molecular weight is 511 g/mol. The lowest BCUT2D eigenvalue weighted by atomic mass is 10.1. The molecule has 150 valence electrons. The van der Waals surface area contributed by atoms with Gasteiger partial charge in [-0.1, -0.05) is 24.6 Å². The van der Waals surface area contributed by atoms with Gasteiger partial charge in [0.15, 0.2) is 5.96 Å². The Labute approximate surface area is 186 Å². The third kappa shape index (κ3) is 6.30. The van der Waals surface area contributed by atoms with Crippen LogP contribution in [-0.2, 0) is 19.5 Å². The molecular formula is C20H26IN5OS. The SMILES string of the molecule is CCNC(=NCc1csc(CC)n1)NCc1coc(-c2ccc(C)cc2)n1.I. The van der Waals surface area contributed by atoms with Crippen molar-refractivity contribution in [3.8, 4) is 11.5 Å². The highest BCUT2D eigenvalue weighted by Crippen LogP contribution is 2.19. The molecule has 2 heterocycles. The van der Waals surface area contributed by atoms with Crippen LogP contribution in [0.25, 0.3) is 11.5 Å². The predicted octanol–water partition coefficient (Wildman–Crippen LogP) is 4.54. The summed E-state index contributed by atoms with van der Waals surface area (Å²) >= 11 is 1.68. The summed E-state index contributed by atoms with van der Waals surface area (Å²) in [6.07, 6.45) is 2.64. The lowest BCUT2D eigenvalue weighted by molar-refractivity contribution is 0.572. The van der Waals surface area contributed by atoms with E-state index >= 15 is 0 Å². The topological polar surface area (TPSA) is 75.3 Å². The molecule has 2 aromatic heterocycles. The van der Waals surface area contributed by atoms with Crippen LogP contribution in [0.15, 0.2) is 45.3 Å². The fourth-order valence-corrected chi connectivity index (χ4v) is 3.21. The third-order valence-corrected chi connectivity index (χ3v) is 4.97. The Bertz CT molecular complexity index is 888. The lowest BCUT2D eigenvalue weighted by Crippen LogP contribution is -2.36. The van der Waals surface area contributed by atoms with Crippen LogP contribution in [0.4, 0.5) is 0 Å².